The van der Waals surface area contributed by atoms with Crippen molar-refractivity contribution in [2.24, 2.45) is 0 Å². The average Bonchev–Trinajstić information content (AvgIpc) is 2.85. The molecule has 0 atom stereocenters. The quantitative estimate of drug-likeness (QED) is 0.0960. The van der Waals surface area contributed by atoms with E-state index >= 15 is 0 Å². The number of Topliss-reactive ketones (excluding diaryl/α,β-unsaturated/α-hetero) is 2. The first-order valence-electron chi connectivity index (χ1n) is 13.5. The van der Waals surface area contributed by atoms with Crippen LogP contribution in [0.25, 0.3) is 0 Å². The molecule has 0 heterocycles. The van der Waals surface area contributed by atoms with Crippen LogP contribution < -0.4 is 16.0 Å². The van der Waals surface area contributed by atoms with Crippen LogP contribution in [-0.4, -0.2) is 42.1 Å². The Morgan fingerprint density at radius 3 is 1.76 bits per heavy atom. The smallest absolute Gasteiger partial charge is 0.306 e. The maximum atomic E-state index is 13.5. The summed E-state index contributed by atoms with van der Waals surface area (Å²) < 4.78 is 7.56. The molecule has 0 fully saturated rings. The molecule has 0 aliphatic rings. The maximum absolute atomic E-state index is 13.5. The Morgan fingerprint density at radius 1 is 0.756 bits per heavy atom. The zero-order valence-electron chi connectivity index (χ0n) is 24.1. The zero-order chi connectivity index (χ0) is 30.7. The Kier molecular flexibility index (Phi) is 14.8. The van der Waals surface area contributed by atoms with Crippen LogP contribution in [0.2, 0.25) is 0 Å². The third kappa shape index (κ3) is 12.3. The van der Waals surface area contributed by atoms with Gasteiger partial charge in [-0.25, -0.2) is 0 Å². The Morgan fingerprint density at radius 2 is 1.27 bits per heavy atom. The molecular formula is C30H38I3N3O5. The van der Waals surface area contributed by atoms with E-state index in [0.29, 0.717) is 36.2 Å². The number of amides is 1. The Hall–Kier alpha value is -1.49. The summed E-state index contributed by atoms with van der Waals surface area (Å²) in [7, 11) is 0. The van der Waals surface area contributed by atoms with E-state index in [9.17, 15) is 19.2 Å². The number of ketones is 2. The van der Waals surface area contributed by atoms with Gasteiger partial charge in [-0.2, -0.15) is 0 Å². The molecule has 2 aromatic carbocycles. The molecule has 11 heteroatoms. The van der Waals surface area contributed by atoms with E-state index in [2.05, 4.69) is 83.7 Å². The van der Waals surface area contributed by atoms with Crippen molar-refractivity contribution in [2.75, 3.05) is 29.0 Å². The molecule has 2 aromatic rings. The van der Waals surface area contributed by atoms with Gasteiger partial charge in [0, 0.05) is 12.1 Å². The number of ether oxygens (including phenoxy) is 1. The number of halogens is 3. The predicted octanol–water partition coefficient (Wildman–Crippen LogP) is 7.59. The van der Waals surface area contributed by atoms with Crippen LogP contribution in [0.5, 0.6) is 0 Å². The Bertz CT molecular complexity index is 1210. The summed E-state index contributed by atoms with van der Waals surface area (Å²) in [6.07, 6.45) is 5.23. The third-order valence-electron chi connectivity index (χ3n) is 5.80. The van der Waals surface area contributed by atoms with Gasteiger partial charge in [0.2, 0.25) is 0 Å². The molecule has 0 spiro atoms. The van der Waals surface area contributed by atoms with Crippen LogP contribution in [0, 0.1) is 10.7 Å². The third-order valence-corrected chi connectivity index (χ3v) is 9.04. The van der Waals surface area contributed by atoms with Crippen LogP contribution in [0.4, 0.5) is 17.1 Å². The van der Waals surface area contributed by atoms with E-state index in [1.165, 1.54) is 19.4 Å². The van der Waals surface area contributed by atoms with E-state index in [4.69, 9.17) is 4.74 Å². The van der Waals surface area contributed by atoms with Crippen molar-refractivity contribution in [3.05, 3.63) is 46.1 Å². The number of aryl methyl sites for hydroxylation is 1. The molecule has 8 nitrogen and oxygen atoms in total. The molecule has 0 radical (unpaired) electrons. The van der Waals surface area contributed by atoms with Gasteiger partial charge in [0.15, 0.2) is 0 Å². The summed E-state index contributed by atoms with van der Waals surface area (Å²) in [4.78, 5) is 48.6. The number of anilines is 3. The summed E-state index contributed by atoms with van der Waals surface area (Å²) in [6.45, 7) is 8.89. The SMILES string of the molecule is CC(=O)CNc1c(I)c(NCC(C)=O)c(I)c(C(=O)Nc2ccc(CCCCCCC(=O)OC(C)(C)C)cc2)c1I. The minimum Gasteiger partial charge on any atom is -0.460 e. The Labute approximate surface area is 283 Å². The molecule has 0 aliphatic heterocycles. The lowest BCUT2D eigenvalue weighted by Crippen LogP contribution is -2.23. The van der Waals surface area contributed by atoms with Crippen LogP contribution in [0.3, 0.4) is 0 Å². The lowest BCUT2D eigenvalue weighted by Gasteiger charge is -2.20. The molecule has 0 aliphatic carbocycles. The molecule has 0 saturated heterocycles. The number of carbonyl (C=O) groups is 4. The molecule has 0 unspecified atom stereocenters. The fourth-order valence-electron chi connectivity index (χ4n) is 3.89. The topological polar surface area (TPSA) is 114 Å². The van der Waals surface area contributed by atoms with Gasteiger partial charge in [-0.05, 0) is 139 Å². The van der Waals surface area contributed by atoms with Gasteiger partial charge >= 0.3 is 5.97 Å². The Balaban J connectivity index is 2.04. The molecule has 224 valence electrons. The summed E-state index contributed by atoms with van der Waals surface area (Å²) >= 11 is 6.43. The molecule has 3 N–H and O–H groups in total. The summed E-state index contributed by atoms with van der Waals surface area (Å²) in [6, 6.07) is 7.82. The molecule has 0 bridgehead atoms. The normalized spacial score (nSPS) is 11.1. The number of unbranched alkanes of at least 4 members (excludes halogenated alkanes) is 3. The van der Waals surface area contributed by atoms with E-state index in [0.717, 1.165) is 35.7 Å². The van der Waals surface area contributed by atoms with Crippen LogP contribution in [0.1, 0.15) is 82.6 Å². The number of benzene rings is 2. The highest BCUT2D eigenvalue weighted by atomic mass is 127. The second-order valence-corrected chi connectivity index (χ2v) is 14.1. The number of nitrogens with one attached hydrogen (secondary N) is 3. The van der Waals surface area contributed by atoms with E-state index in [1.807, 2.05) is 45.0 Å². The standard InChI is InChI=1S/C30H38I3N3O5/c1-18(37)16-34-27-24(31)23(25(32)28(26(27)33)35-17-19(2)38)29(40)36-21-14-12-20(13-15-21)10-8-6-7-9-11-22(39)41-30(3,4)5/h12-15,34-35H,6-11,16-17H2,1-5H3,(H,36,40). The average molecular weight is 901 g/mol. The van der Waals surface area contributed by atoms with Crippen molar-refractivity contribution >= 4 is 108 Å². The first-order valence-corrected chi connectivity index (χ1v) is 16.7. The second-order valence-electron chi connectivity index (χ2n) is 10.8. The number of hydrogen-bond donors (Lipinski definition) is 3. The van der Waals surface area contributed by atoms with Crippen molar-refractivity contribution in [3.63, 3.8) is 0 Å². The van der Waals surface area contributed by atoms with Crippen molar-refractivity contribution in [1.29, 1.82) is 0 Å². The van der Waals surface area contributed by atoms with Crippen molar-refractivity contribution < 1.29 is 23.9 Å². The summed E-state index contributed by atoms with van der Waals surface area (Å²) in [5.74, 6) is -0.470. The minimum atomic E-state index is -0.438. The van der Waals surface area contributed by atoms with Crippen molar-refractivity contribution in [3.8, 4) is 0 Å². The van der Waals surface area contributed by atoms with Gasteiger partial charge in [-0.15, -0.1) is 0 Å². The predicted molar refractivity (Wildman–Crippen MR) is 190 cm³/mol. The molecular weight excluding hydrogens is 863 g/mol. The fraction of sp³-hybridized carbons (Fsp3) is 0.467. The van der Waals surface area contributed by atoms with Crippen molar-refractivity contribution in [2.45, 2.75) is 78.7 Å². The van der Waals surface area contributed by atoms with Gasteiger partial charge in [0.25, 0.3) is 5.91 Å². The molecule has 0 saturated carbocycles. The van der Waals surface area contributed by atoms with Gasteiger partial charge in [0.05, 0.1) is 40.7 Å². The lowest BCUT2D eigenvalue weighted by molar-refractivity contribution is -0.155. The number of rotatable bonds is 15. The maximum Gasteiger partial charge on any atom is 0.306 e. The minimum absolute atomic E-state index is 0.0275. The van der Waals surface area contributed by atoms with Crippen LogP contribution in [-0.2, 0) is 25.5 Å². The fourth-order valence-corrected chi connectivity index (χ4v) is 8.31. The van der Waals surface area contributed by atoms with Gasteiger partial charge in [-0.3, -0.25) is 19.2 Å². The summed E-state index contributed by atoms with van der Waals surface area (Å²) in [5, 5.41) is 9.30. The molecule has 2 rings (SSSR count). The summed E-state index contributed by atoms with van der Waals surface area (Å²) in [5.41, 5.74) is 3.25. The molecule has 41 heavy (non-hydrogen) atoms. The van der Waals surface area contributed by atoms with Crippen molar-refractivity contribution in [1.82, 2.24) is 0 Å². The van der Waals surface area contributed by atoms with Gasteiger partial charge in [0.1, 0.15) is 17.2 Å². The molecule has 1 amide bonds. The highest BCUT2D eigenvalue weighted by Crippen LogP contribution is 2.39. The molecule has 0 aromatic heterocycles. The highest BCUT2D eigenvalue weighted by molar-refractivity contribution is 14.1. The van der Waals surface area contributed by atoms with Gasteiger partial charge in [-0.1, -0.05) is 25.0 Å². The zero-order valence-corrected chi connectivity index (χ0v) is 30.6. The van der Waals surface area contributed by atoms with E-state index in [-0.39, 0.29) is 36.5 Å². The van der Waals surface area contributed by atoms with Gasteiger partial charge < -0.3 is 20.7 Å². The number of hydrogen-bond acceptors (Lipinski definition) is 7. The first kappa shape index (κ1) is 35.7. The highest BCUT2D eigenvalue weighted by Gasteiger charge is 2.25. The van der Waals surface area contributed by atoms with E-state index < -0.39 is 5.60 Å². The largest absolute Gasteiger partial charge is 0.460 e. The lowest BCUT2D eigenvalue weighted by atomic mass is 10.0. The number of esters is 1. The van der Waals surface area contributed by atoms with Crippen LogP contribution >= 0.6 is 67.8 Å². The first-order chi connectivity index (χ1) is 19.2. The van der Waals surface area contributed by atoms with E-state index in [1.54, 1.807) is 0 Å². The second kappa shape index (κ2) is 17.0. The van der Waals surface area contributed by atoms with Crippen LogP contribution in [0.15, 0.2) is 24.3 Å². The monoisotopic (exact) mass is 901 g/mol. The number of carbonyl (C=O) groups excluding carboxylic acids is 4.